The van der Waals surface area contributed by atoms with Crippen LogP contribution in [0.3, 0.4) is 0 Å². The molecular weight excluding hydrogens is 236 g/mol. The number of ether oxygens (including phenoxy) is 2. The van der Waals surface area contributed by atoms with Crippen molar-refractivity contribution in [2.45, 2.75) is 33.6 Å². The molecule has 0 aromatic carbocycles. The normalized spacial score (nSPS) is 10.5. The molecule has 100 valence electrons. The zero-order chi connectivity index (χ0) is 13.7. The Morgan fingerprint density at radius 3 is 2.22 bits per heavy atom. The molecule has 1 aromatic rings. The number of nitrogens with one attached hydrogen (secondary N) is 1. The standard InChI is InChI=1S/C12H18N2O4/c1-5-17-11(15)9-8(7(3)4)10(14-13-9)12(16)18-6-2/h7H,5-6H2,1-4H3,(H,13,14). The van der Waals surface area contributed by atoms with Crippen LogP contribution in [0.5, 0.6) is 0 Å². The Bertz CT molecular complexity index is 402. The molecule has 0 aliphatic heterocycles. The van der Waals surface area contributed by atoms with Gasteiger partial charge in [-0.3, -0.25) is 5.10 Å². The summed E-state index contributed by atoms with van der Waals surface area (Å²) in [7, 11) is 0. The summed E-state index contributed by atoms with van der Waals surface area (Å²) in [6.45, 7) is 7.70. The Hall–Kier alpha value is -1.85. The lowest BCUT2D eigenvalue weighted by atomic mass is 10.0. The maximum atomic E-state index is 11.7. The Morgan fingerprint density at radius 2 is 1.72 bits per heavy atom. The summed E-state index contributed by atoms with van der Waals surface area (Å²) < 4.78 is 9.81. The van der Waals surface area contributed by atoms with E-state index in [0.717, 1.165) is 0 Å². The van der Waals surface area contributed by atoms with Crippen LogP contribution in [0.4, 0.5) is 0 Å². The second-order valence-corrected chi connectivity index (χ2v) is 3.96. The van der Waals surface area contributed by atoms with Gasteiger partial charge in [0.05, 0.1) is 13.2 Å². The summed E-state index contributed by atoms with van der Waals surface area (Å²) in [5.41, 5.74) is 0.900. The van der Waals surface area contributed by atoms with E-state index in [9.17, 15) is 9.59 Å². The molecule has 1 aromatic heterocycles. The largest absolute Gasteiger partial charge is 0.461 e. The van der Waals surface area contributed by atoms with E-state index in [1.54, 1.807) is 13.8 Å². The predicted octanol–water partition coefficient (Wildman–Crippen LogP) is 1.89. The maximum Gasteiger partial charge on any atom is 0.359 e. The van der Waals surface area contributed by atoms with Gasteiger partial charge < -0.3 is 9.47 Å². The van der Waals surface area contributed by atoms with E-state index in [-0.39, 0.29) is 30.5 Å². The van der Waals surface area contributed by atoms with Crippen molar-refractivity contribution in [2.24, 2.45) is 0 Å². The molecule has 0 bridgehead atoms. The minimum absolute atomic E-state index is 0.0393. The Kier molecular flexibility index (Phi) is 4.88. The SMILES string of the molecule is CCOC(=O)c1n[nH]c(C(=O)OCC)c1C(C)C. The fraction of sp³-hybridized carbons (Fsp3) is 0.583. The third-order valence-electron chi connectivity index (χ3n) is 2.33. The quantitative estimate of drug-likeness (QED) is 0.811. The highest BCUT2D eigenvalue weighted by atomic mass is 16.5. The molecule has 6 heteroatoms. The molecule has 1 heterocycles. The van der Waals surface area contributed by atoms with Crippen molar-refractivity contribution in [1.82, 2.24) is 10.2 Å². The van der Waals surface area contributed by atoms with Crippen LogP contribution in [0, 0.1) is 0 Å². The van der Waals surface area contributed by atoms with Gasteiger partial charge in [-0.1, -0.05) is 13.8 Å². The fourth-order valence-electron chi connectivity index (χ4n) is 1.63. The highest BCUT2D eigenvalue weighted by Gasteiger charge is 2.26. The van der Waals surface area contributed by atoms with Crippen molar-refractivity contribution in [2.75, 3.05) is 13.2 Å². The van der Waals surface area contributed by atoms with Crippen molar-refractivity contribution in [3.63, 3.8) is 0 Å². The van der Waals surface area contributed by atoms with E-state index in [1.807, 2.05) is 13.8 Å². The number of aromatic nitrogens is 2. The molecule has 0 aliphatic carbocycles. The monoisotopic (exact) mass is 254 g/mol. The van der Waals surface area contributed by atoms with Crippen molar-refractivity contribution in [1.29, 1.82) is 0 Å². The molecule has 0 saturated carbocycles. The van der Waals surface area contributed by atoms with Gasteiger partial charge in [-0.2, -0.15) is 5.10 Å². The first kappa shape index (κ1) is 14.2. The number of carbonyl (C=O) groups excluding carboxylic acids is 2. The van der Waals surface area contributed by atoms with Gasteiger partial charge in [0.1, 0.15) is 5.69 Å². The Labute approximate surface area is 106 Å². The third kappa shape index (κ3) is 2.88. The first-order valence-corrected chi connectivity index (χ1v) is 5.95. The lowest BCUT2D eigenvalue weighted by molar-refractivity contribution is 0.0513. The number of aromatic amines is 1. The topological polar surface area (TPSA) is 81.3 Å². The average molecular weight is 254 g/mol. The van der Waals surface area contributed by atoms with E-state index in [4.69, 9.17) is 9.47 Å². The van der Waals surface area contributed by atoms with Gasteiger partial charge in [0.15, 0.2) is 5.69 Å². The lowest BCUT2D eigenvalue weighted by Crippen LogP contribution is -2.12. The molecular formula is C12H18N2O4. The van der Waals surface area contributed by atoms with Crippen LogP contribution in [0.1, 0.15) is 60.2 Å². The van der Waals surface area contributed by atoms with Crippen molar-refractivity contribution in [3.05, 3.63) is 17.0 Å². The van der Waals surface area contributed by atoms with Crippen LogP contribution in [-0.4, -0.2) is 35.3 Å². The summed E-state index contributed by atoms with van der Waals surface area (Å²) in [4.78, 5) is 23.4. The second-order valence-electron chi connectivity index (χ2n) is 3.96. The molecule has 6 nitrogen and oxygen atoms in total. The number of hydrogen-bond acceptors (Lipinski definition) is 5. The van der Waals surface area contributed by atoms with Crippen molar-refractivity contribution in [3.8, 4) is 0 Å². The fourth-order valence-corrected chi connectivity index (χ4v) is 1.63. The highest BCUT2D eigenvalue weighted by Crippen LogP contribution is 2.23. The molecule has 18 heavy (non-hydrogen) atoms. The van der Waals surface area contributed by atoms with E-state index < -0.39 is 11.9 Å². The Balaban J connectivity index is 3.14. The molecule has 0 radical (unpaired) electrons. The van der Waals surface area contributed by atoms with Crippen LogP contribution in [0.2, 0.25) is 0 Å². The van der Waals surface area contributed by atoms with Gasteiger partial charge in [0, 0.05) is 5.56 Å². The summed E-state index contributed by atoms with van der Waals surface area (Å²) in [5.74, 6) is -1.08. The average Bonchev–Trinajstić information content (AvgIpc) is 2.74. The van der Waals surface area contributed by atoms with Gasteiger partial charge in [0.25, 0.3) is 0 Å². The number of H-pyrrole nitrogens is 1. The predicted molar refractivity (Wildman–Crippen MR) is 64.6 cm³/mol. The summed E-state index contributed by atoms with van der Waals surface area (Å²) in [6.07, 6.45) is 0. The van der Waals surface area contributed by atoms with Gasteiger partial charge >= 0.3 is 11.9 Å². The van der Waals surface area contributed by atoms with Gasteiger partial charge in [-0.05, 0) is 19.8 Å². The molecule has 0 amide bonds. The highest BCUT2D eigenvalue weighted by molar-refractivity contribution is 5.96. The van der Waals surface area contributed by atoms with Crippen LogP contribution in [0.25, 0.3) is 0 Å². The Morgan fingerprint density at radius 1 is 1.17 bits per heavy atom. The van der Waals surface area contributed by atoms with E-state index >= 15 is 0 Å². The molecule has 0 atom stereocenters. The summed E-state index contributed by atoms with van der Waals surface area (Å²) in [6, 6.07) is 0. The molecule has 0 saturated heterocycles. The molecule has 0 unspecified atom stereocenters. The molecule has 0 aliphatic rings. The lowest BCUT2D eigenvalue weighted by Gasteiger charge is -2.08. The van der Waals surface area contributed by atoms with Crippen molar-refractivity contribution >= 4 is 11.9 Å². The van der Waals surface area contributed by atoms with Crippen LogP contribution >= 0.6 is 0 Å². The van der Waals surface area contributed by atoms with E-state index in [1.165, 1.54) is 0 Å². The molecule has 1 N–H and O–H groups in total. The number of hydrogen-bond donors (Lipinski definition) is 1. The smallest absolute Gasteiger partial charge is 0.359 e. The van der Waals surface area contributed by atoms with Gasteiger partial charge in [-0.15, -0.1) is 0 Å². The van der Waals surface area contributed by atoms with Crippen LogP contribution < -0.4 is 0 Å². The minimum atomic E-state index is -0.534. The van der Waals surface area contributed by atoms with Crippen molar-refractivity contribution < 1.29 is 19.1 Å². The summed E-state index contributed by atoms with van der Waals surface area (Å²) in [5, 5.41) is 6.41. The van der Waals surface area contributed by atoms with Gasteiger partial charge in [-0.25, -0.2) is 9.59 Å². The third-order valence-corrected chi connectivity index (χ3v) is 2.33. The first-order valence-electron chi connectivity index (χ1n) is 5.95. The number of rotatable bonds is 5. The number of nitrogens with zero attached hydrogens (tertiary/aromatic N) is 1. The minimum Gasteiger partial charge on any atom is -0.461 e. The molecule has 0 spiro atoms. The van der Waals surface area contributed by atoms with Gasteiger partial charge in [0.2, 0.25) is 0 Å². The zero-order valence-corrected chi connectivity index (χ0v) is 11.1. The van der Waals surface area contributed by atoms with Crippen LogP contribution in [0.15, 0.2) is 0 Å². The second kappa shape index (κ2) is 6.18. The summed E-state index contributed by atoms with van der Waals surface area (Å²) >= 11 is 0. The van der Waals surface area contributed by atoms with E-state index in [2.05, 4.69) is 10.2 Å². The number of carbonyl (C=O) groups is 2. The van der Waals surface area contributed by atoms with E-state index in [0.29, 0.717) is 5.56 Å². The maximum absolute atomic E-state index is 11.7. The molecule has 1 rings (SSSR count). The zero-order valence-electron chi connectivity index (χ0n) is 11.1. The molecule has 0 fully saturated rings. The van der Waals surface area contributed by atoms with Crippen LogP contribution in [-0.2, 0) is 9.47 Å². The first-order chi connectivity index (χ1) is 8.52. The number of esters is 2.